The number of likely N-dealkylation sites (N-methyl/N-ethyl adjacent to an activating group) is 1. The molecule has 2 N–H and O–H groups in total. The quantitative estimate of drug-likeness (QED) is 0.821. The minimum absolute atomic E-state index is 0. The molecule has 0 heterocycles. The first kappa shape index (κ1) is 15.5. The minimum Gasteiger partial charge on any atom is -0.341 e. The highest BCUT2D eigenvalue weighted by atomic mass is 35.5. The molecule has 0 spiro atoms. The van der Waals surface area contributed by atoms with Crippen molar-refractivity contribution >= 4 is 18.3 Å². The number of hydrogen-bond donors (Lipinski definition) is 1. The fraction of sp³-hybridized carbons (Fsp3) is 0.889. The Morgan fingerprint density at radius 3 is 2.19 bits per heavy atom. The van der Waals surface area contributed by atoms with E-state index in [1.807, 2.05) is 0 Å². The normalized spacial score (nSPS) is 19.1. The Hall–Kier alpha value is -0.490. The van der Waals surface area contributed by atoms with Gasteiger partial charge in [-0.25, -0.2) is 0 Å². The van der Waals surface area contributed by atoms with Gasteiger partial charge in [-0.15, -0.1) is 12.4 Å². The molecule has 1 aliphatic rings. The van der Waals surface area contributed by atoms with E-state index in [1.54, 1.807) is 0 Å². The lowest BCUT2D eigenvalue weighted by atomic mass is 10.2. The van der Waals surface area contributed by atoms with Crippen molar-refractivity contribution in [2.75, 3.05) is 7.05 Å². The van der Waals surface area contributed by atoms with Crippen LogP contribution in [0.25, 0.3) is 0 Å². The number of nitrogens with two attached hydrogens (primary N) is 1. The highest BCUT2D eigenvalue weighted by Crippen LogP contribution is 2.25. The second-order valence-corrected chi connectivity index (χ2v) is 3.91. The lowest BCUT2D eigenvalue weighted by Gasteiger charge is -2.27. The number of carbonyl (C=O) groups excluding carboxylic acids is 1. The maximum atomic E-state index is 12.2. The summed E-state index contributed by atoms with van der Waals surface area (Å²) in [5, 5.41) is 0. The third kappa shape index (κ3) is 3.52. The number of nitrogens with zero attached hydrogens (tertiary/aromatic N) is 1. The van der Waals surface area contributed by atoms with Crippen LogP contribution in [0.15, 0.2) is 0 Å². The Morgan fingerprint density at radius 2 is 1.81 bits per heavy atom. The number of rotatable bonds is 2. The molecule has 1 fully saturated rings. The Kier molecular flexibility index (Phi) is 5.55. The van der Waals surface area contributed by atoms with Crippen LogP contribution in [0.2, 0.25) is 0 Å². The van der Waals surface area contributed by atoms with E-state index in [0.29, 0.717) is 0 Å². The zero-order chi connectivity index (χ0) is 11.6. The van der Waals surface area contributed by atoms with E-state index in [9.17, 15) is 18.0 Å². The van der Waals surface area contributed by atoms with Crippen LogP contribution >= 0.6 is 12.4 Å². The van der Waals surface area contributed by atoms with Gasteiger partial charge in [-0.1, -0.05) is 12.8 Å². The molecule has 96 valence electrons. The average Bonchev–Trinajstić information content (AvgIpc) is 2.65. The van der Waals surface area contributed by atoms with Gasteiger partial charge in [0.05, 0.1) is 0 Å². The topological polar surface area (TPSA) is 46.3 Å². The van der Waals surface area contributed by atoms with E-state index in [2.05, 4.69) is 0 Å². The molecule has 1 atom stereocenters. The molecule has 0 aromatic carbocycles. The summed E-state index contributed by atoms with van der Waals surface area (Å²) in [5.41, 5.74) is 4.85. The molecule has 1 rings (SSSR count). The minimum atomic E-state index is -4.65. The standard InChI is InChI=1S/C9H15F3N2O.ClH/c1-14(6-4-2-3-5-6)8(15)7(13)9(10,11)12;/h6-7H,2-5,13H2,1H3;1H. The van der Waals surface area contributed by atoms with E-state index in [4.69, 9.17) is 5.73 Å². The number of carbonyl (C=O) groups is 1. The largest absolute Gasteiger partial charge is 0.412 e. The molecule has 16 heavy (non-hydrogen) atoms. The van der Waals surface area contributed by atoms with Crippen molar-refractivity contribution in [1.29, 1.82) is 0 Å². The van der Waals surface area contributed by atoms with Crippen LogP contribution in [-0.2, 0) is 4.79 Å². The molecule has 7 heteroatoms. The van der Waals surface area contributed by atoms with Crippen LogP contribution in [0, 0.1) is 0 Å². The molecular formula is C9H16ClF3N2O. The summed E-state index contributed by atoms with van der Waals surface area (Å²) >= 11 is 0. The lowest BCUT2D eigenvalue weighted by Crippen LogP contribution is -2.52. The number of halogens is 4. The fourth-order valence-electron chi connectivity index (χ4n) is 1.83. The van der Waals surface area contributed by atoms with Crippen molar-refractivity contribution in [1.82, 2.24) is 4.90 Å². The molecule has 0 radical (unpaired) electrons. The van der Waals surface area contributed by atoms with Gasteiger partial charge in [0.15, 0.2) is 6.04 Å². The summed E-state index contributed by atoms with van der Waals surface area (Å²) in [6.45, 7) is 0. The van der Waals surface area contributed by atoms with E-state index in [0.717, 1.165) is 30.6 Å². The average molecular weight is 261 g/mol. The summed E-state index contributed by atoms with van der Waals surface area (Å²) < 4.78 is 36.5. The first-order valence-corrected chi connectivity index (χ1v) is 4.93. The van der Waals surface area contributed by atoms with Crippen LogP contribution in [0.1, 0.15) is 25.7 Å². The first-order chi connectivity index (χ1) is 6.84. The second-order valence-electron chi connectivity index (χ2n) is 3.91. The Labute approximate surface area is 98.6 Å². The van der Waals surface area contributed by atoms with E-state index < -0.39 is 18.1 Å². The molecule has 0 aromatic heterocycles. The van der Waals surface area contributed by atoms with Crippen molar-refractivity contribution in [2.45, 2.75) is 43.9 Å². The molecule has 1 aliphatic carbocycles. The molecule has 1 amide bonds. The Bertz CT molecular complexity index is 241. The number of amides is 1. The highest BCUT2D eigenvalue weighted by Gasteiger charge is 2.44. The van der Waals surface area contributed by atoms with E-state index in [1.165, 1.54) is 7.05 Å². The summed E-state index contributed by atoms with van der Waals surface area (Å²) in [5.74, 6) is -1.03. The number of alkyl halides is 3. The fourth-order valence-corrected chi connectivity index (χ4v) is 1.83. The van der Waals surface area contributed by atoms with Gasteiger partial charge in [0.1, 0.15) is 0 Å². The van der Waals surface area contributed by atoms with Crippen molar-refractivity contribution < 1.29 is 18.0 Å². The molecule has 0 aromatic rings. The van der Waals surface area contributed by atoms with Crippen molar-refractivity contribution in [3.05, 3.63) is 0 Å². The van der Waals surface area contributed by atoms with Crippen LogP contribution < -0.4 is 5.73 Å². The molecule has 1 unspecified atom stereocenters. The molecular weight excluding hydrogens is 245 g/mol. The Balaban J connectivity index is 0.00000225. The van der Waals surface area contributed by atoms with Gasteiger partial charge in [-0.3, -0.25) is 4.79 Å². The van der Waals surface area contributed by atoms with Gasteiger partial charge in [-0.2, -0.15) is 13.2 Å². The highest BCUT2D eigenvalue weighted by molar-refractivity contribution is 5.85. The smallest absolute Gasteiger partial charge is 0.341 e. The van der Waals surface area contributed by atoms with Gasteiger partial charge in [-0.05, 0) is 12.8 Å². The van der Waals surface area contributed by atoms with Crippen molar-refractivity contribution in [2.24, 2.45) is 5.73 Å². The summed E-state index contributed by atoms with van der Waals surface area (Å²) in [6, 6.07) is -2.46. The summed E-state index contributed by atoms with van der Waals surface area (Å²) in [4.78, 5) is 12.5. The van der Waals surface area contributed by atoms with Crippen LogP contribution in [-0.4, -0.2) is 36.1 Å². The molecule has 1 saturated carbocycles. The van der Waals surface area contributed by atoms with Crippen LogP contribution in [0.3, 0.4) is 0 Å². The monoisotopic (exact) mass is 260 g/mol. The van der Waals surface area contributed by atoms with Crippen LogP contribution in [0.5, 0.6) is 0 Å². The Morgan fingerprint density at radius 1 is 1.38 bits per heavy atom. The summed E-state index contributed by atoms with van der Waals surface area (Å²) in [7, 11) is 1.39. The van der Waals surface area contributed by atoms with Gasteiger partial charge in [0.25, 0.3) is 0 Å². The van der Waals surface area contributed by atoms with Gasteiger partial charge in [0, 0.05) is 13.1 Å². The molecule has 0 saturated heterocycles. The van der Waals surface area contributed by atoms with Gasteiger partial charge < -0.3 is 10.6 Å². The lowest BCUT2D eigenvalue weighted by molar-refractivity contribution is -0.170. The van der Waals surface area contributed by atoms with E-state index in [-0.39, 0.29) is 18.4 Å². The third-order valence-electron chi connectivity index (χ3n) is 2.84. The zero-order valence-corrected chi connectivity index (χ0v) is 9.77. The maximum Gasteiger partial charge on any atom is 0.412 e. The second kappa shape index (κ2) is 5.72. The predicted molar refractivity (Wildman–Crippen MR) is 56.3 cm³/mol. The van der Waals surface area contributed by atoms with Gasteiger partial charge in [0.2, 0.25) is 5.91 Å². The van der Waals surface area contributed by atoms with Crippen molar-refractivity contribution in [3.63, 3.8) is 0 Å². The first-order valence-electron chi connectivity index (χ1n) is 4.93. The molecule has 0 aliphatic heterocycles. The SMILES string of the molecule is CN(C(=O)C(N)C(F)(F)F)C1CCCC1.Cl. The van der Waals surface area contributed by atoms with E-state index >= 15 is 0 Å². The number of hydrogen-bond acceptors (Lipinski definition) is 2. The molecule has 0 bridgehead atoms. The predicted octanol–water partition coefficient (Wildman–Crippen LogP) is 1.70. The molecule has 3 nitrogen and oxygen atoms in total. The van der Waals surface area contributed by atoms with Gasteiger partial charge >= 0.3 is 6.18 Å². The zero-order valence-electron chi connectivity index (χ0n) is 8.96. The maximum absolute atomic E-state index is 12.2. The third-order valence-corrected chi connectivity index (χ3v) is 2.84. The van der Waals surface area contributed by atoms with Crippen molar-refractivity contribution in [3.8, 4) is 0 Å². The van der Waals surface area contributed by atoms with Crippen LogP contribution in [0.4, 0.5) is 13.2 Å². The summed E-state index contributed by atoms with van der Waals surface area (Å²) in [6.07, 6.45) is -1.18.